The first-order valence-corrected chi connectivity index (χ1v) is 8.02. The van der Waals surface area contributed by atoms with Crippen molar-refractivity contribution in [1.29, 1.82) is 0 Å². The highest BCUT2D eigenvalue weighted by molar-refractivity contribution is 7.80. The van der Waals surface area contributed by atoms with Crippen LogP contribution in [0.1, 0.15) is 50.3 Å². The lowest BCUT2D eigenvalue weighted by molar-refractivity contribution is -0.129. The van der Waals surface area contributed by atoms with Gasteiger partial charge >= 0.3 is 0 Å². The third kappa shape index (κ3) is 3.40. The summed E-state index contributed by atoms with van der Waals surface area (Å²) in [6.07, 6.45) is 7.35. The molecule has 2 rings (SSSR count). The molecule has 1 aromatic heterocycles. The SMILES string of the molecule is CCc1cccnc1CNC(=O)C1(C(N)=S)CCCCC1. The molecule has 1 aromatic rings. The van der Waals surface area contributed by atoms with Gasteiger partial charge in [0.2, 0.25) is 5.91 Å². The van der Waals surface area contributed by atoms with Crippen LogP contribution in [-0.4, -0.2) is 15.9 Å². The third-order valence-corrected chi connectivity index (χ3v) is 4.79. The van der Waals surface area contributed by atoms with E-state index in [0.717, 1.165) is 49.8 Å². The molecular weight excluding hydrogens is 282 g/mol. The Kier molecular flexibility index (Phi) is 5.28. The molecule has 0 spiro atoms. The number of rotatable bonds is 5. The van der Waals surface area contributed by atoms with E-state index in [1.54, 1.807) is 6.20 Å². The quantitative estimate of drug-likeness (QED) is 0.820. The number of hydrogen-bond donors (Lipinski definition) is 2. The normalized spacial score (nSPS) is 17.2. The van der Waals surface area contributed by atoms with Crippen molar-refractivity contribution in [3.05, 3.63) is 29.6 Å². The first-order chi connectivity index (χ1) is 10.1. The standard InChI is InChI=1S/C16H23N3OS/c1-2-12-7-6-10-18-13(12)11-19-15(20)16(14(17)21)8-4-3-5-9-16/h6-7,10H,2-5,8-9,11H2,1H3,(H2,17,21)(H,19,20). The number of pyridine rings is 1. The van der Waals surface area contributed by atoms with Gasteiger partial charge in [-0.2, -0.15) is 0 Å². The Hall–Kier alpha value is -1.49. The van der Waals surface area contributed by atoms with Crippen molar-refractivity contribution in [3.63, 3.8) is 0 Å². The molecule has 1 fully saturated rings. The van der Waals surface area contributed by atoms with Crippen LogP contribution in [0, 0.1) is 5.41 Å². The van der Waals surface area contributed by atoms with Crippen molar-refractivity contribution in [1.82, 2.24) is 10.3 Å². The van der Waals surface area contributed by atoms with Gasteiger partial charge < -0.3 is 11.1 Å². The number of thiocarbonyl (C=S) groups is 1. The van der Waals surface area contributed by atoms with Crippen molar-refractivity contribution >= 4 is 23.1 Å². The van der Waals surface area contributed by atoms with E-state index in [-0.39, 0.29) is 5.91 Å². The van der Waals surface area contributed by atoms with Crippen LogP contribution in [0.2, 0.25) is 0 Å². The number of hydrogen-bond acceptors (Lipinski definition) is 3. The second-order valence-corrected chi connectivity index (χ2v) is 6.09. The molecule has 1 heterocycles. The Morgan fingerprint density at radius 1 is 1.43 bits per heavy atom. The minimum Gasteiger partial charge on any atom is -0.392 e. The molecule has 4 nitrogen and oxygen atoms in total. The maximum atomic E-state index is 12.6. The molecule has 1 saturated carbocycles. The number of amides is 1. The van der Waals surface area contributed by atoms with Gasteiger partial charge in [-0.05, 0) is 30.9 Å². The van der Waals surface area contributed by atoms with Crippen molar-refractivity contribution in [3.8, 4) is 0 Å². The molecule has 0 radical (unpaired) electrons. The second-order valence-electron chi connectivity index (χ2n) is 5.65. The molecule has 0 aliphatic heterocycles. The van der Waals surface area contributed by atoms with Gasteiger partial charge in [-0.3, -0.25) is 9.78 Å². The highest BCUT2D eigenvalue weighted by atomic mass is 32.1. The van der Waals surface area contributed by atoms with Gasteiger partial charge in [0.1, 0.15) is 0 Å². The number of nitrogens with one attached hydrogen (secondary N) is 1. The third-order valence-electron chi connectivity index (χ3n) is 4.40. The zero-order chi connectivity index (χ0) is 15.3. The summed E-state index contributed by atoms with van der Waals surface area (Å²) < 4.78 is 0. The van der Waals surface area contributed by atoms with Crippen LogP contribution in [-0.2, 0) is 17.8 Å². The molecule has 0 atom stereocenters. The van der Waals surface area contributed by atoms with E-state index < -0.39 is 5.41 Å². The first kappa shape index (κ1) is 15.9. The van der Waals surface area contributed by atoms with Crippen LogP contribution in [0.3, 0.4) is 0 Å². The summed E-state index contributed by atoms with van der Waals surface area (Å²) in [6, 6.07) is 3.96. The van der Waals surface area contributed by atoms with Crippen molar-refractivity contribution in [2.24, 2.45) is 11.1 Å². The Labute approximate surface area is 131 Å². The summed E-state index contributed by atoms with van der Waals surface area (Å²) in [5, 5.41) is 3.00. The van der Waals surface area contributed by atoms with Crippen LogP contribution < -0.4 is 11.1 Å². The van der Waals surface area contributed by atoms with Crippen LogP contribution in [0.15, 0.2) is 18.3 Å². The van der Waals surface area contributed by atoms with E-state index >= 15 is 0 Å². The number of nitrogens with zero attached hydrogens (tertiary/aromatic N) is 1. The second kappa shape index (κ2) is 6.98. The molecule has 0 unspecified atom stereocenters. The lowest BCUT2D eigenvalue weighted by atomic mass is 9.73. The highest BCUT2D eigenvalue weighted by Gasteiger charge is 2.42. The molecule has 5 heteroatoms. The fraction of sp³-hybridized carbons (Fsp3) is 0.562. The lowest BCUT2D eigenvalue weighted by Crippen LogP contribution is -2.49. The maximum absolute atomic E-state index is 12.6. The van der Waals surface area contributed by atoms with E-state index in [1.165, 1.54) is 0 Å². The zero-order valence-electron chi connectivity index (χ0n) is 12.5. The van der Waals surface area contributed by atoms with E-state index in [9.17, 15) is 4.79 Å². The van der Waals surface area contributed by atoms with Gasteiger partial charge in [0.15, 0.2) is 0 Å². The van der Waals surface area contributed by atoms with Crippen LogP contribution in [0.4, 0.5) is 0 Å². The van der Waals surface area contributed by atoms with Crippen molar-refractivity contribution in [2.45, 2.75) is 52.0 Å². The van der Waals surface area contributed by atoms with Crippen LogP contribution in [0.5, 0.6) is 0 Å². The Morgan fingerprint density at radius 3 is 2.76 bits per heavy atom. The monoisotopic (exact) mass is 305 g/mol. The van der Waals surface area contributed by atoms with E-state index in [2.05, 4.69) is 17.2 Å². The smallest absolute Gasteiger partial charge is 0.233 e. The first-order valence-electron chi connectivity index (χ1n) is 7.61. The van der Waals surface area contributed by atoms with Crippen molar-refractivity contribution < 1.29 is 4.79 Å². The Balaban J connectivity index is 2.07. The van der Waals surface area contributed by atoms with Gasteiger partial charge in [-0.1, -0.05) is 44.5 Å². The van der Waals surface area contributed by atoms with Crippen molar-refractivity contribution in [2.75, 3.05) is 0 Å². The fourth-order valence-electron chi connectivity index (χ4n) is 3.03. The molecule has 0 bridgehead atoms. The molecule has 0 aromatic carbocycles. The predicted octanol–water partition coefficient (Wildman–Crippen LogP) is 2.50. The molecule has 114 valence electrons. The molecular formula is C16H23N3OS. The lowest BCUT2D eigenvalue weighted by Gasteiger charge is -2.34. The van der Waals surface area contributed by atoms with Crippen LogP contribution in [0.25, 0.3) is 0 Å². The van der Waals surface area contributed by atoms with Gasteiger partial charge in [-0.15, -0.1) is 0 Å². The number of nitrogens with two attached hydrogens (primary N) is 1. The highest BCUT2D eigenvalue weighted by Crippen LogP contribution is 2.37. The topological polar surface area (TPSA) is 68.0 Å². The summed E-state index contributed by atoms with van der Waals surface area (Å²) in [6.45, 7) is 2.52. The molecule has 0 saturated heterocycles. The minimum atomic E-state index is -0.658. The van der Waals surface area contributed by atoms with E-state index in [4.69, 9.17) is 18.0 Å². The summed E-state index contributed by atoms with van der Waals surface area (Å²) >= 11 is 5.18. The fourth-order valence-corrected chi connectivity index (χ4v) is 3.32. The predicted molar refractivity (Wildman–Crippen MR) is 87.8 cm³/mol. The summed E-state index contributed by atoms with van der Waals surface area (Å²) in [5.74, 6) is -0.0394. The summed E-state index contributed by atoms with van der Waals surface area (Å²) in [7, 11) is 0. The minimum absolute atomic E-state index is 0.0394. The van der Waals surface area contributed by atoms with Gasteiger partial charge in [-0.25, -0.2) is 0 Å². The molecule has 1 aliphatic rings. The Morgan fingerprint density at radius 2 is 2.14 bits per heavy atom. The van der Waals surface area contributed by atoms with Gasteiger partial charge in [0, 0.05) is 6.20 Å². The average molecular weight is 305 g/mol. The zero-order valence-corrected chi connectivity index (χ0v) is 13.3. The van der Waals surface area contributed by atoms with E-state index in [1.807, 2.05) is 12.1 Å². The molecule has 21 heavy (non-hydrogen) atoms. The maximum Gasteiger partial charge on any atom is 0.233 e. The summed E-state index contributed by atoms with van der Waals surface area (Å²) in [5.41, 5.74) is 7.30. The molecule has 1 aliphatic carbocycles. The van der Waals surface area contributed by atoms with Crippen LogP contribution >= 0.6 is 12.2 Å². The average Bonchev–Trinajstić information content (AvgIpc) is 2.53. The largest absolute Gasteiger partial charge is 0.392 e. The van der Waals surface area contributed by atoms with Gasteiger partial charge in [0.05, 0.1) is 22.6 Å². The Bertz CT molecular complexity index is 524. The number of carbonyl (C=O) groups excluding carboxylic acids is 1. The number of carbonyl (C=O) groups is 1. The number of aromatic nitrogens is 1. The van der Waals surface area contributed by atoms with E-state index in [0.29, 0.717) is 11.5 Å². The number of aryl methyl sites for hydroxylation is 1. The molecule has 3 N–H and O–H groups in total. The van der Waals surface area contributed by atoms with Gasteiger partial charge in [0.25, 0.3) is 0 Å². The molecule has 1 amide bonds. The summed E-state index contributed by atoms with van der Waals surface area (Å²) in [4.78, 5) is 17.3.